The van der Waals surface area contributed by atoms with Gasteiger partial charge >= 0.3 is 0 Å². The van der Waals surface area contributed by atoms with Crippen LogP contribution in [0.2, 0.25) is 10.0 Å². The van der Waals surface area contributed by atoms with Crippen LogP contribution >= 0.6 is 23.2 Å². The summed E-state index contributed by atoms with van der Waals surface area (Å²) in [5.74, 6) is -0.760. The van der Waals surface area contributed by atoms with E-state index in [4.69, 9.17) is 23.2 Å². The monoisotopic (exact) mass is 275 g/mol. The lowest BCUT2D eigenvalue weighted by Gasteiger charge is -2.10. The summed E-state index contributed by atoms with van der Waals surface area (Å²) in [6.45, 7) is 0.931. The minimum Gasteiger partial charge on any atom is -0.314 e. The third kappa shape index (κ3) is 2.97. The molecule has 1 unspecified atom stereocenters. The van der Waals surface area contributed by atoms with E-state index in [-0.39, 0.29) is 27.4 Å². The number of halogens is 3. The number of carbonyl (C=O) groups excluding carboxylic acids is 1. The molecule has 1 heterocycles. The molecule has 0 bridgehead atoms. The van der Waals surface area contributed by atoms with Gasteiger partial charge in [-0.3, -0.25) is 4.79 Å². The summed E-state index contributed by atoms with van der Waals surface area (Å²) in [5.41, 5.74) is 0.210. The number of hydrogen-bond acceptors (Lipinski definition) is 2. The largest absolute Gasteiger partial charge is 0.314 e. The van der Waals surface area contributed by atoms with Crippen LogP contribution in [0.1, 0.15) is 29.6 Å². The number of ketones is 1. The molecule has 1 fully saturated rings. The van der Waals surface area contributed by atoms with E-state index in [1.54, 1.807) is 0 Å². The van der Waals surface area contributed by atoms with Crippen LogP contribution in [0.3, 0.4) is 0 Å². The topological polar surface area (TPSA) is 29.1 Å². The van der Waals surface area contributed by atoms with Gasteiger partial charge in [-0.25, -0.2) is 4.39 Å². The minimum absolute atomic E-state index is 0.0643. The van der Waals surface area contributed by atoms with E-state index in [0.717, 1.165) is 25.5 Å². The summed E-state index contributed by atoms with van der Waals surface area (Å²) in [7, 11) is 0. The molecule has 1 saturated heterocycles. The number of nitrogens with one attached hydrogen (secondary N) is 1. The van der Waals surface area contributed by atoms with Crippen molar-refractivity contribution in [1.82, 2.24) is 5.32 Å². The van der Waals surface area contributed by atoms with Crippen molar-refractivity contribution >= 4 is 29.0 Å². The fourth-order valence-electron chi connectivity index (χ4n) is 2.00. The summed E-state index contributed by atoms with van der Waals surface area (Å²) in [4.78, 5) is 12.0. The van der Waals surface area contributed by atoms with E-state index in [9.17, 15) is 9.18 Å². The lowest BCUT2D eigenvalue weighted by Crippen LogP contribution is -2.24. The lowest BCUT2D eigenvalue weighted by molar-refractivity contribution is 0.0971. The molecule has 0 spiro atoms. The van der Waals surface area contributed by atoms with Crippen LogP contribution < -0.4 is 5.32 Å². The first-order valence-electron chi connectivity index (χ1n) is 5.49. The Labute approximate surface area is 109 Å². The van der Waals surface area contributed by atoms with Crippen LogP contribution in [0, 0.1) is 5.82 Å². The van der Waals surface area contributed by atoms with E-state index >= 15 is 0 Å². The number of Topliss-reactive ketones (excluding diaryl/α,β-unsaturated/α-hetero) is 1. The molecule has 1 aliphatic rings. The Bertz CT molecular complexity index is 444. The molecule has 0 amide bonds. The number of benzene rings is 1. The molecule has 0 aromatic heterocycles. The van der Waals surface area contributed by atoms with Gasteiger partial charge in [-0.05, 0) is 31.5 Å². The normalized spacial score (nSPS) is 19.6. The molecule has 17 heavy (non-hydrogen) atoms. The molecular weight excluding hydrogens is 264 g/mol. The summed E-state index contributed by atoms with van der Waals surface area (Å²) < 4.78 is 13.3. The van der Waals surface area contributed by atoms with Crippen molar-refractivity contribution < 1.29 is 9.18 Å². The highest BCUT2D eigenvalue weighted by Crippen LogP contribution is 2.26. The van der Waals surface area contributed by atoms with E-state index < -0.39 is 5.82 Å². The van der Waals surface area contributed by atoms with Crippen LogP contribution in [-0.2, 0) is 0 Å². The zero-order chi connectivity index (χ0) is 12.4. The van der Waals surface area contributed by atoms with Gasteiger partial charge in [0, 0.05) is 18.0 Å². The second-order valence-electron chi connectivity index (χ2n) is 4.17. The van der Waals surface area contributed by atoms with Crippen molar-refractivity contribution in [1.29, 1.82) is 0 Å². The third-order valence-electron chi connectivity index (χ3n) is 2.90. The maximum absolute atomic E-state index is 13.3. The van der Waals surface area contributed by atoms with Crippen molar-refractivity contribution in [2.75, 3.05) is 6.54 Å². The van der Waals surface area contributed by atoms with E-state index in [0.29, 0.717) is 6.42 Å². The van der Waals surface area contributed by atoms with E-state index in [1.807, 2.05) is 0 Å². The Balaban J connectivity index is 2.15. The summed E-state index contributed by atoms with van der Waals surface area (Å²) in [5, 5.41) is 3.36. The van der Waals surface area contributed by atoms with Crippen molar-refractivity contribution in [3.05, 3.63) is 33.6 Å². The smallest absolute Gasteiger partial charge is 0.166 e. The van der Waals surface area contributed by atoms with Gasteiger partial charge in [0.05, 0.1) is 10.0 Å². The molecule has 2 rings (SSSR count). The van der Waals surface area contributed by atoms with Crippen molar-refractivity contribution in [3.63, 3.8) is 0 Å². The highest BCUT2D eigenvalue weighted by atomic mass is 35.5. The Morgan fingerprint density at radius 1 is 1.41 bits per heavy atom. The van der Waals surface area contributed by atoms with Crippen LogP contribution in [0.15, 0.2) is 12.1 Å². The van der Waals surface area contributed by atoms with Crippen molar-refractivity contribution in [2.24, 2.45) is 0 Å². The molecule has 5 heteroatoms. The van der Waals surface area contributed by atoms with Gasteiger partial charge in [0.1, 0.15) is 5.82 Å². The zero-order valence-corrected chi connectivity index (χ0v) is 10.6. The first kappa shape index (κ1) is 12.8. The predicted molar refractivity (Wildman–Crippen MR) is 66.4 cm³/mol. The molecule has 92 valence electrons. The number of rotatable bonds is 3. The molecule has 1 atom stereocenters. The molecule has 1 aliphatic heterocycles. The quantitative estimate of drug-likeness (QED) is 0.676. The standard InChI is InChI=1S/C12H12Cl2FNO/c13-9-6-10(14)11(15)5-8(9)12(17)4-7-2-1-3-16-7/h5-7,16H,1-4H2. The Hall–Kier alpha value is -0.640. The van der Waals surface area contributed by atoms with Gasteiger partial charge < -0.3 is 5.32 Å². The van der Waals surface area contributed by atoms with Crippen LogP contribution in [-0.4, -0.2) is 18.4 Å². The molecule has 1 N–H and O–H groups in total. The van der Waals surface area contributed by atoms with Gasteiger partial charge in [0.2, 0.25) is 0 Å². The van der Waals surface area contributed by atoms with Crippen molar-refractivity contribution in [3.8, 4) is 0 Å². The molecular formula is C12H12Cl2FNO. The zero-order valence-electron chi connectivity index (χ0n) is 9.10. The number of hydrogen-bond donors (Lipinski definition) is 1. The van der Waals surface area contributed by atoms with Gasteiger partial charge in [-0.15, -0.1) is 0 Å². The lowest BCUT2D eigenvalue weighted by atomic mass is 10.0. The van der Waals surface area contributed by atoms with Crippen LogP contribution in [0.5, 0.6) is 0 Å². The first-order chi connectivity index (χ1) is 8.08. The Morgan fingerprint density at radius 2 is 2.18 bits per heavy atom. The van der Waals surface area contributed by atoms with Crippen molar-refractivity contribution in [2.45, 2.75) is 25.3 Å². The maximum Gasteiger partial charge on any atom is 0.166 e. The molecule has 1 aromatic rings. The second kappa shape index (κ2) is 5.34. The van der Waals surface area contributed by atoms with Gasteiger partial charge in [-0.2, -0.15) is 0 Å². The number of carbonyl (C=O) groups is 1. The molecule has 0 aliphatic carbocycles. The Morgan fingerprint density at radius 3 is 2.82 bits per heavy atom. The average Bonchev–Trinajstić information content (AvgIpc) is 2.76. The van der Waals surface area contributed by atoms with E-state index in [1.165, 1.54) is 6.07 Å². The van der Waals surface area contributed by atoms with Gasteiger partial charge in [0.25, 0.3) is 0 Å². The molecule has 1 aromatic carbocycles. The SMILES string of the molecule is O=C(CC1CCCN1)c1cc(F)c(Cl)cc1Cl. The summed E-state index contributed by atoms with van der Waals surface area (Å²) in [6.07, 6.45) is 2.39. The maximum atomic E-state index is 13.3. The fraction of sp³-hybridized carbons (Fsp3) is 0.417. The Kier molecular flexibility index (Phi) is 4.02. The van der Waals surface area contributed by atoms with Gasteiger partial charge in [0.15, 0.2) is 5.78 Å². The average molecular weight is 276 g/mol. The summed E-state index contributed by atoms with van der Waals surface area (Å²) >= 11 is 11.5. The first-order valence-corrected chi connectivity index (χ1v) is 6.24. The van der Waals surface area contributed by atoms with Gasteiger partial charge in [-0.1, -0.05) is 23.2 Å². The minimum atomic E-state index is -0.612. The molecule has 2 nitrogen and oxygen atoms in total. The highest BCUT2D eigenvalue weighted by molar-refractivity contribution is 6.36. The van der Waals surface area contributed by atoms with E-state index in [2.05, 4.69) is 5.32 Å². The third-order valence-corrected chi connectivity index (χ3v) is 3.51. The molecule has 0 radical (unpaired) electrons. The van der Waals surface area contributed by atoms with Crippen LogP contribution in [0.25, 0.3) is 0 Å². The van der Waals surface area contributed by atoms with Crippen LogP contribution in [0.4, 0.5) is 4.39 Å². The predicted octanol–water partition coefficient (Wildman–Crippen LogP) is 3.46. The molecule has 0 saturated carbocycles. The fourth-order valence-corrected chi connectivity index (χ4v) is 2.49. The summed E-state index contributed by atoms with van der Waals surface area (Å²) in [6, 6.07) is 2.56. The second-order valence-corrected chi connectivity index (χ2v) is 4.98. The highest BCUT2D eigenvalue weighted by Gasteiger charge is 2.21.